The molecule has 2 atom stereocenters. The average Bonchev–Trinajstić information content (AvgIpc) is 2.55. The summed E-state index contributed by atoms with van der Waals surface area (Å²) in [6.07, 6.45) is 3.34. The second kappa shape index (κ2) is 8.89. The van der Waals surface area contributed by atoms with Crippen molar-refractivity contribution in [2.45, 2.75) is 52.6 Å². The molecule has 2 unspecified atom stereocenters. The summed E-state index contributed by atoms with van der Waals surface area (Å²) in [5.74, 6) is -0.335. The predicted molar refractivity (Wildman–Crippen MR) is 89.0 cm³/mol. The van der Waals surface area contributed by atoms with E-state index >= 15 is 0 Å². The first-order valence-corrected chi connectivity index (χ1v) is 7.77. The van der Waals surface area contributed by atoms with Gasteiger partial charge in [0.1, 0.15) is 11.6 Å². The molecule has 0 fully saturated rings. The zero-order valence-corrected chi connectivity index (χ0v) is 13.8. The largest absolute Gasteiger partial charge is 0.383 e. The summed E-state index contributed by atoms with van der Waals surface area (Å²) in [4.78, 5) is 11.9. The van der Waals surface area contributed by atoms with Gasteiger partial charge in [-0.25, -0.2) is 0 Å². The van der Waals surface area contributed by atoms with Crippen LogP contribution >= 0.6 is 0 Å². The summed E-state index contributed by atoms with van der Waals surface area (Å²) in [6, 6.07) is 10.4. The quantitative estimate of drug-likeness (QED) is 0.600. The molecule has 0 spiro atoms. The van der Waals surface area contributed by atoms with E-state index in [-0.39, 0.29) is 23.6 Å². The Balaban J connectivity index is 2.70. The molecule has 0 radical (unpaired) electrons. The lowest BCUT2D eigenvalue weighted by Gasteiger charge is -2.14. The Bertz CT molecular complexity index is 555. The van der Waals surface area contributed by atoms with E-state index < -0.39 is 0 Å². The molecule has 4 nitrogen and oxygen atoms in total. The number of carbonyl (C=O) groups is 1. The van der Waals surface area contributed by atoms with Crippen molar-refractivity contribution in [2.75, 3.05) is 0 Å². The highest BCUT2D eigenvalue weighted by atomic mass is 16.1. The Morgan fingerprint density at radius 3 is 2.41 bits per heavy atom. The number of hydrogen-bond acceptors (Lipinski definition) is 3. The third kappa shape index (κ3) is 5.25. The molecular formula is C18H25N3O. The third-order valence-corrected chi connectivity index (χ3v) is 3.72. The van der Waals surface area contributed by atoms with Crippen LogP contribution in [0.4, 0.5) is 0 Å². The Labute approximate surface area is 133 Å². The van der Waals surface area contributed by atoms with Crippen LogP contribution in [-0.2, 0) is 11.2 Å². The minimum Gasteiger partial charge on any atom is -0.383 e. The molecule has 4 heteroatoms. The summed E-state index contributed by atoms with van der Waals surface area (Å²) >= 11 is 0. The molecule has 0 aliphatic heterocycles. The Kier molecular flexibility index (Phi) is 7.18. The maximum absolute atomic E-state index is 11.9. The molecule has 1 aromatic carbocycles. The number of aryl methyl sites for hydroxylation is 1. The Hall–Kier alpha value is -2.28. The number of carbonyl (C=O) groups excluding carboxylic acids is 1. The maximum Gasteiger partial charge on any atom is 0.263 e. The average molecular weight is 299 g/mol. The molecule has 0 bridgehead atoms. The Morgan fingerprint density at radius 1 is 1.27 bits per heavy atom. The van der Waals surface area contributed by atoms with Crippen molar-refractivity contribution in [1.29, 1.82) is 5.26 Å². The van der Waals surface area contributed by atoms with Crippen LogP contribution in [0.2, 0.25) is 0 Å². The highest BCUT2D eigenvalue weighted by Crippen LogP contribution is 2.14. The van der Waals surface area contributed by atoms with E-state index in [0.29, 0.717) is 0 Å². The second-order valence-corrected chi connectivity index (χ2v) is 5.44. The molecule has 0 saturated carbocycles. The Morgan fingerprint density at radius 2 is 1.91 bits per heavy atom. The van der Waals surface area contributed by atoms with Gasteiger partial charge in [0, 0.05) is 18.3 Å². The van der Waals surface area contributed by atoms with Crippen LogP contribution < -0.4 is 10.6 Å². The molecule has 0 aliphatic rings. The van der Waals surface area contributed by atoms with Crippen LogP contribution in [0.5, 0.6) is 0 Å². The minimum absolute atomic E-state index is 0.0330. The number of rotatable bonds is 7. The number of amides is 1. The van der Waals surface area contributed by atoms with E-state index in [2.05, 4.69) is 41.8 Å². The summed E-state index contributed by atoms with van der Waals surface area (Å²) in [5, 5.41) is 15.0. The number of nitriles is 1. The minimum atomic E-state index is -0.335. The van der Waals surface area contributed by atoms with Crippen molar-refractivity contribution < 1.29 is 4.79 Å². The summed E-state index contributed by atoms with van der Waals surface area (Å²) in [5.41, 5.74) is 2.50. The lowest BCUT2D eigenvalue weighted by Crippen LogP contribution is -2.33. The van der Waals surface area contributed by atoms with E-state index in [1.807, 2.05) is 26.8 Å². The first-order chi connectivity index (χ1) is 10.5. The van der Waals surface area contributed by atoms with Gasteiger partial charge >= 0.3 is 0 Å². The van der Waals surface area contributed by atoms with Crippen LogP contribution in [0.3, 0.4) is 0 Å². The maximum atomic E-state index is 11.9. The smallest absolute Gasteiger partial charge is 0.263 e. The fourth-order valence-electron chi connectivity index (χ4n) is 1.90. The predicted octanol–water partition coefficient (Wildman–Crippen LogP) is 3.22. The van der Waals surface area contributed by atoms with Gasteiger partial charge in [-0.15, -0.1) is 0 Å². The van der Waals surface area contributed by atoms with Gasteiger partial charge in [0.25, 0.3) is 5.91 Å². The monoisotopic (exact) mass is 299 g/mol. The van der Waals surface area contributed by atoms with E-state index in [9.17, 15) is 4.79 Å². The van der Waals surface area contributed by atoms with Crippen molar-refractivity contribution in [3.05, 3.63) is 47.2 Å². The van der Waals surface area contributed by atoms with E-state index in [1.54, 1.807) is 0 Å². The number of hydrogen-bond donors (Lipinski definition) is 2. The van der Waals surface area contributed by atoms with Gasteiger partial charge in [0.15, 0.2) is 0 Å². The molecule has 0 aliphatic carbocycles. The van der Waals surface area contributed by atoms with E-state index in [0.717, 1.165) is 18.4 Å². The fourth-order valence-corrected chi connectivity index (χ4v) is 1.90. The van der Waals surface area contributed by atoms with Gasteiger partial charge in [-0.1, -0.05) is 38.1 Å². The highest BCUT2D eigenvalue weighted by Gasteiger charge is 2.12. The van der Waals surface area contributed by atoms with Gasteiger partial charge < -0.3 is 10.6 Å². The molecule has 118 valence electrons. The zero-order chi connectivity index (χ0) is 16.5. The molecule has 2 N–H and O–H groups in total. The molecule has 22 heavy (non-hydrogen) atoms. The van der Waals surface area contributed by atoms with Gasteiger partial charge in [-0.3, -0.25) is 4.79 Å². The first kappa shape index (κ1) is 17.8. The van der Waals surface area contributed by atoms with Gasteiger partial charge in [-0.2, -0.15) is 5.26 Å². The summed E-state index contributed by atoms with van der Waals surface area (Å²) in [6.45, 7) is 8.02. The standard InChI is InChI=1S/C18H25N3O/c1-5-13(3)21-18(22)17(11-19)12-20-14(4)16-9-7-15(6-2)8-10-16/h7-10,12-14,20H,5-6H2,1-4H3,(H,21,22)/b17-12-. The molecule has 0 aromatic heterocycles. The van der Waals surface area contributed by atoms with Crippen molar-refractivity contribution in [2.24, 2.45) is 0 Å². The summed E-state index contributed by atoms with van der Waals surface area (Å²) < 4.78 is 0. The van der Waals surface area contributed by atoms with Crippen LogP contribution in [0, 0.1) is 11.3 Å². The van der Waals surface area contributed by atoms with Gasteiger partial charge in [-0.05, 0) is 37.8 Å². The normalized spacial score (nSPS) is 13.9. The molecule has 0 heterocycles. The van der Waals surface area contributed by atoms with Crippen LogP contribution in [0.25, 0.3) is 0 Å². The molecule has 0 saturated heterocycles. The molecule has 1 aromatic rings. The zero-order valence-electron chi connectivity index (χ0n) is 13.8. The van der Waals surface area contributed by atoms with Crippen LogP contribution in [0.1, 0.15) is 51.3 Å². The van der Waals surface area contributed by atoms with Crippen LogP contribution in [0.15, 0.2) is 36.0 Å². The second-order valence-electron chi connectivity index (χ2n) is 5.44. The topological polar surface area (TPSA) is 64.9 Å². The molecule has 1 amide bonds. The van der Waals surface area contributed by atoms with E-state index in [1.165, 1.54) is 11.8 Å². The lowest BCUT2D eigenvalue weighted by molar-refractivity contribution is -0.117. The summed E-state index contributed by atoms with van der Waals surface area (Å²) in [7, 11) is 0. The number of nitrogens with zero attached hydrogens (tertiary/aromatic N) is 1. The van der Waals surface area contributed by atoms with Crippen molar-refractivity contribution in [1.82, 2.24) is 10.6 Å². The van der Waals surface area contributed by atoms with Crippen LogP contribution in [-0.4, -0.2) is 11.9 Å². The van der Waals surface area contributed by atoms with Gasteiger partial charge in [0.05, 0.1) is 0 Å². The van der Waals surface area contributed by atoms with E-state index in [4.69, 9.17) is 5.26 Å². The lowest BCUT2D eigenvalue weighted by atomic mass is 10.1. The van der Waals surface area contributed by atoms with Crippen molar-refractivity contribution in [3.8, 4) is 6.07 Å². The first-order valence-electron chi connectivity index (χ1n) is 7.77. The van der Waals surface area contributed by atoms with Gasteiger partial charge in [0.2, 0.25) is 0 Å². The number of benzene rings is 1. The van der Waals surface area contributed by atoms with Crippen molar-refractivity contribution >= 4 is 5.91 Å². The molecular weight excluding hydrogens is 274 g/mol. The fraction of sp³-hybridized carbons (Fsp3) is 0.444. The third-order valence-electron chi connectivity index (χ3n) is 3.72. The molecule has 1 rings (SSSR count). The SMILES string of the molecule is CCc1ccc(C(C)N/C=C(/C#N)C(=O)NC(C)CC)cc1. The van der Waals surface area contributed by atoms with Crippen molar-refractivity contribution in [3.63, 3.8) is 0 Å². The highest BCUT2D eigenvalue weighted by molar-refractivity contribution is 5.97. The number of nitrogens with one attached hydrogen (secondary N) is 2.